The van der Waals surface area contributed by atoms with E-state index in [1.165, 1.54) is 0 Å². The summed E-state index contributed by atoms with van der Waals surface area (Å²) in [5, 5.41) is 12.3. The number of hydrogen-bond donors (Lipinski definition) is 2. The van der Waals surface area contributed by atoms with Crippen LogP contribution in [0.2, 0.25) is 0 Å². The lowest BCUT2D eigenvalue weighted by Crippen LogP contribution is -1.85. The van der Waals surface area contributed by atoms with Crippen LogP contribution in [0.4, 0.5) is 0 Å². The van der Waals surface area contributed by atoms with Gasteiger partial charge in [0, 0.05) is 21.9 Å². The van der Waals surface area contributed by atoms with Gasteiger partial charge in [0.15, 0.2) is 0 Å². The number of methoxy groups -OCH3 is 1. The van der Waals surface area contributed by atoms with Gasteiger partial charge in [-0.05, 0) is 35.9 Å². The zero-order valence-electron chi connectivity index (χ0n) is 12.1. The molecule has 0 bridgehead atoms. The molecule has 0 saturated carbocycles. The standard InChI is InChI=1S/C19H15NO2/c1-22-14-6-4-5-12(9-14)16-10-13(21)11-17-15-7-2-3-8-18(15)20-19(16)17/h2-11,20-21H,1H3. The molecule has 3 aromatic carbocycles. The van der Waals surface area contributed by atoms with Gasteiger partial charge in [0.25, 0.3) is 0 Å². The number of phenols is 1. The van der Waals surface area contributed by atoms with Gasteiger partial charge >= 0.3 is 0 Å². The molecule has 1 aromatic heterocycles. The summed E-state index contributed by atoms with van der Waals surface area (Å²) in [6, 6.07) is 19.5. The van der Waals surface area contributed by atoms with E-state index in [9.17, 15) is 5.11 Å². The molecule has 108 valence electrons. The highest BCUT2D eigenvalue weighted by molar-refractivity contribution is 6.12. The Labute approximate surface area is 127 Å². The van der Waals surface area contributed by atoms with Gasteiger partial charge in [-0.15, -0.1) is 0 Å². The first-order valence-corrected chi connectivity index (χ1v) is 7.14. The number of nitrogens with one attached hydrogen (secondary N) is 1. The molecule has 0 amide bonds. The Bertz CT molecular complexity index is 985. The van der Waals surface area contributed by atoms with Crippen molar-refractivity contribution in [3.05, 3.63) is 60.7 Å². The lowest BCUT2D eigenvalue weighted by Gasteiger charge is -2.07. The number of phenolic OH excluding ortho intramolecular Hbond substituents is 1. The minimum Gasteiger partial charge on any atom is -0.508 e. The first-order chi connectivity index (χ1) is 10.8. The number of aromatic nitrogens is 1. The number of aromatic amines is 1. The van der Waals surface area contributed by atoms with Crippen LogP contribution in [-0.2, 0) is 0 Å². The van der Waals surface area contributed by atoms with Crippen LogP contribution in [0.25, 0.3) is 32.9 Å². The van der Waals surface area contributed by atoms with E-state index in [2.05, 4.69) is 11.1 Å². The molecule has 22 heavy (non-hydrogen) atoms. The van der Waals surface area contributed by atoms with Crippen molar-refractivity contribution in [2.45, 2.75) is 0 Å². The van der Waals surface area contributed by atoms with Gasteiger partial charge in [0.05, 0.1) is 12.6 Å². The molecule has 1 heterocycles. The topological polar surface area (TPSA) is 45.2 Å². The molecular formula is C19H15NO2. The van der Waals surface area contributed by atoms with Gasteiger partial charge in [-0.3, -0.25) is 0 Å². The van der Waals surface area contributed by atoms with Crippen molar-refractivity contribution in [1.82, 2.24) is 4.98 Å². The highest BCUT2D eigenvalue weighted by Gasteiger charge is 2.12. The van der Waals surface area contributed by atoms with Crippen LogP contribution >= 0.6 is 0 Å². The number of ether oxygens (including phenoxy) is 1. The average molecular weight is 289 g/mol. The summed E-state index contributed by atoms with van der Waals surface area (Å²) in [6.07, 6.45) is 0. The van der Waals surface area contributed by atoms with E-state index in [1.807, 2.05) is 42.5 Å². The predicted molar refractivity (Wildman–Crippen MR) is 89.5 cm³/mol. The molecule has 0 aliphatic rings. The summed E-state index contributed by atoms with van der Waals surface area (Å²) in [5.74, 6) is 1.06. The van der Waals surface area contributed by atoms with E-state index in [0.717, 1.165) is 38.7 Å². The highest BCUT2D eigenvalue weighted by Crippen LogP contribution is 2.37. The maximum atomic E-state index is 10.1. The predicted octanol–water partition coefficient (Wildman–Crippen LogP) is 4.70. The number of H-pyrrole nitrogens is 1. The summed E-state index contributed by atoms with van der Waals surface area (Å²) in [6.45, 7) is 0. The zero-order chi connectivity index (χ0) is 15.1. The van der Waals surface area contributed by atoms with Crippen molar-refractivity contribution in [1.29, 1.82) is 0 Å². The van der Waals surface area contributed by atoms with Gasteiger partial charge < -0.3 is 14.8 Å². The van der Waals surface area contributed by atoms with Crippen LogP contribution in [0.3, 0.4) is 0 Å². The monoisotopic (exact) mass is 289 g/mol. The minimum atomic E-state index is 0.259. The van der Waals surface area contributed by atoms with E-state index in [4.69, 9.17) is 4.74 Å². The molecule has 3 heteroatoms. The van der Waals surface area contributed by atoms with Crippen LogP contribution in [0, 0.1) is 0 Å². The van der Waals surface area contributed by atoms with Gasteiger partial charge in [0.1, 0.15) is 11.5 Å². The van der Waals surface area contributed by atoms with Crippen molar-refractivity contribution in [3.63, 3.8) is 0 Å². The van der Waals surface area contributed by atoms with Gasteiger partial charge in [0.2, 0.25) is 0 Å². The quantitative estimate of drug-likeness (QED) is 0.561. The SMILES string of the molecule is COc1cccc(-c2cc(O)cc3c2[nH]c2ccccc23)c1. The Morgan fingerprint density at radius 2 is 1.77 bits per heavy atom. The molecule has 0 fully saturated rings. The number of para-hydroxylation sites is 1. The van der Waals surface area contributed by atoms with Crippen molar-refractivity contribution in [3.8, 4) is 22.6 Å². The van der Waals surface area contributed by atoms with Crippen LogP contribution in [0.15, 0.2) is 60.7 Å². The smallest absolute Gasteiger partial charge is 0.119 e. The third kappa shape index (κ3) is 1.91. The fourth-order valence-corrected chi connectivity index (χ4v) is 2.95. The molecule has 3 nitrogen and oxygen atoms in total. The van der Waals surface area contributed by atoms with Crippen LogP contribution in [-0.4, -0.2) is 17.2 Å². The number of benzene rings is 3. The second-order valence-corrected chi connectivity index (χ2v) is 5.32. The third-order valence-corrected chi connectivity index (χ3v) is 3.98. The molecule has 0 saturated heterocycles. The van der Waals surface area contributed by atoms with Crippen LogP contribution < -0.4 is 4.74 Å². The first-order valence-electron chi connectivity index (χ1n) is 7.14. The molecule has 4 rings (SSSR count). The summed E-state index contributed by atoms with van der Waals surface area (Å²) in [4.78, 5) is 3.46. The van der Waals surface area contributed by atoms with E-state index in [1.54, 1.807) is 19.2 Å². The molecule has 0 aliphatic heterocycles. The molecule has 0 radical (unpaired) electrons. The number of rotatable bonds is 2. The van der Waals surface area contributed by atoms with Crippen molar-refractivity contribution < 1.29 is 9.84 Å². The Morgan fingerprint density at radius 3 is 2.64 bits per heavy atom. The Balaban J connectivity index is 2.08. The molecule has 2 N–H and O–H groups in total. The highest BCUT2D eigenvalue weighted by atomic mass is 16.5. The van der Waals surface area contributed by atoms with Crippen LogP contribution in [0.1, 0.15) is 0 Å². The first kappa shape index (κ1) is 12.8. The molecule has 4 aromatic rings. The van der Waals surface area contributed by atoms with Crippen molar-refractivity contribution >= 4 is 21.8 Å². The maximum Gasteiger partial charge on any atom is 0.119 e. The average Bonchev–Trinajstić information content (AvgIpc) is 2.93. The number of fused-ring (bicyclic) bond motifs is 3. The van der Waals surface area contributed by atoms with Gasteiger partial charge in [-0.1, -0.05) is 30.3 Å². The molecule has 0 spiro atoms. The van der Waals surface area contributed by atoms with Gasteiger partial charge in [-0.25, -0.2) is 0 Å². The van der Waals surface area contributed by atoms with Crippen molar-refractivity contribution in [2.75, 3.05) is 7.11 Å². The summed E-state index contributed by atoms with van der Waals surface area (Å²) < 4.78 is 5.30. The normalized spacial score (nSPS) is 11.1. The lowest BCUT2D eigenvalue weighted by molar-refractivity contribution is 0.415. The van der Waals surface area contributed by atoms with E-state index in [0.29, 0.717) is 0 Å². The van der Waals surface area contributed by atoms with E-state index >= 15 is 0 Å². The number of aromatic hydroxyl groups is 1. The number of hydrogen-bond acceptors (Lipinski definition) is 2. The van der Waals surface area contributed by atoms with Crippen LogP contribution in [0.5, 0.6) is 11.5 Å². The molecule has 0 unspecified atom stereocenters. The molecule has 0 aliphatic carbocycles. The van der Waals surface area contributed by atoms with Crippen molar-refractivity contribution in [2.24, 2.45) is 0 Å². The van der Waals surface area contributed by atoms with E-state index in [-0.39, 0.29) is 5.75 Å². The second-order valence-electron chi connectivity index (χ2n) is 5.32. The summed E-state index contributed by atoms with van der Waals surface area (Å²) in [7, 11) is 1.65. The minimum absolute atomic E-state index is 0.259. The zero-order valence-corrected chi connectivity index (χ0v) is 12.1. The largest absolute Gasteiger partial charge is 0.508 e. The molecule has 0 atom stereocenters. The summed E-state index contributed by atoms with van der Waals surface area (Å²) >= 11 is 0. The fraction of sp³-hybridized carbons (Fsp3) is 0.0526. The molecular weight excluding hydrogens is 274 g/mol. The lowest BCUT2D eigenvalue weighted by atomic mass is 10.0. The Morgan fingerprint density at radius 1 is 0.909 bits per heavy atom. The van der Waals surface area contributed by atoms with Gasteiger partial charge in [-0.2, -0.15) is 0 Å². The second kappa shape index (κ2) is 4.81. The fourth-order valence-electron chi connectivity index (χ4n) is 2.95. The maximum absolute atomic E-state index is 10.1. The Kier molecular flexibility index (Phi) is 2.79. The summed E-state index contributed by atoms with van der Waals surface area (Å²) in [5.41, 5.74) is 4.05. The van der Waals surface area contributed by atoms with E-state index < -0.39 is 0 Å². The Hall–Kier alpha value is -2.94. The third-order valence-electron chi connectivity index (χ3n) is 3.98.